The number of aromatic nitrogens is 2. The number of ether oxygens (including phenoxy) is 1. The minimum Gasteiger partial charge on any atom is -0.467 e. The molecule has 0 fully saturated rings. The number of carbonyl (C=O) groups excluding carboxylic acids is 1. The monoisotopic (exact) mass is 275 g/mol. The standard InChI is InChI=1S/C10H14ClN3O4/c1-6(10(17)18-2)13-7-5-12-14(3-4-15)9(16)8(7)11/h5-6,13,15H,3-4H2,1-2H3. The molecular formula is C10H14ClN3O4. The Bertz CT molecular complexity index is 489. The van der Waals surface area contributed by atoms with Crippen molar-refractivity contribution in [3.63, 3.8) is 0 Å². The number of nitrogens with zero attached hydrogens (tertiary/aromatic N) is 2. The molecule has 0 aliphatic rings. The van der Waals surface area contributed by atoms with Crippen LogP contribution in [0.5, 0.6) is 0 Å². The second-order valence-electron chi connectivity index (χ2n) is 3.51. The first-order valence-electron chi connectivity index (χ1n) is 5.22. The van der Waals surface area contributed by atoms with Gasteiger partial charge in [-0.25, -0.2) is 9.48 Å². The van der Waals surface area contributed by atoms with Gasteiger partial charge in [-0.1, -0.05) is 11.6 Å². The molecule has 1 unspecified atom stereocenters. The molecule has 0 aliphatic carbocycles. The third-order valence-electron chi connectivity index (χ3n) is 2.22. The van der Waals surface area contributed by atoms with Crippen LogP contribution >= 0.6 is 11.6 Å². The third-order valence-corrected chi connectivity index (χ3v) is 2.59. The second kappa shape index (κ2) is 6.36. The zero-order chi connectivity index (χ0) is 13.7. The fourth-order valence-electron chi connectivity index (χ4n) is 1.29. The van der Waals surface area contributed by atoms with Gasteiger partial charge < -0.3 is 15.2 Å². The largest absolute Gasteiger partial charge is 0.467 e. The Balaban J connectivity index is 2.95. The lowest BCUT2D eigenvalue weighted by Crippen LogP contribution is -2.30. The Morgan fingerprint density at radius 3 is 2.94 bits per heavy atom. The van der Waals surface area contributed by atoms with Gasteiger partial charge in [0.05, 0.1) is 32.1 Å². The highest BCUT2D eigenvalue weighted by molar-refractivity contribution is 6.33. The summed E-state index contributed by atoms with van der Waals surface area (Å²) < 4.78 is 5.57. The van der Waals surface area contributed by atoms with Gasteiger partial charge >= 0.3 is 5.97 Å². The summed E-state index contributed by atoms with van der Waals surface area (Å²) in [4.78, 5) is 22.9. The highest BCUT2D eigenvalue weighted by atomic mass is 35.5. The van der Waals surface area contributed by atoms with Crippen LogP contribution in [0.3, 0.4) is 0 Å². The van der Waals surface area contributed by atoms with Crippen LogP contribution in [-0.2, 0) is 16.1 Å². The van der Waals surface area contributed by atoms with E-state index >= 15 is 0 Å². The summed E-state index contributed by atoms with van der Waals surface area (Å²) in [6, 6.07) is -0.651. The minimum atomic E-state index is -0.651. The van der Waals surface area contributed by atoms with Crippen molar-refractivity contribution in [1.29, 1.82) is 0 Å². The van der Waals surface area contributed by atoms with E-state index in [1.54, 1.807) is 6.92 Å². The molecule has 0 spiro atoms. The Hall–Kier alpha value is -1.60. The summed E-state index contributed by atoms with van der Waals surface area (Å²) in [6.45, 7) is 1.42. The van der Waals surface area contributed by atoms with E-state index < -0.39 is 17.6 Å². The molecule has 1 rings (SSSR count). The number of hydrogen-bond donors (Lipinski definition) is 2. The number of hydrogen-bond acceptors (Lipinski definition) is 6. The number of esters is 1. The maximum absolute atomic E-state index is 11.7. The smallest absolute Gasteiger partial charge is 0.327 e. The summed E-state index contributed by atoms with van der Waals surface area (Å²) in [5.74, 6) is -0.481. The topological polar surface area (TPSA) is 93.4 Å². The van der Waals surface area contributed by atoms with Gasteiger partial charge in [-0.3, -0.25) is 4.79 Å². The Morgan fingerprint density at radius 1 is 1.72 bits per heavy atom. The number of nitrogens with one attached hydrogen (secondary N) is 1. The fourth-order valence-corrected chi connectivity index (χ4v) is 1.49. The molecule has 1 aromatic heterocycles. The maximum atomic E-state index is 11.7. The summed E-state index contributed by atoms with van der Waals surface area (Å²) >= 11 is 5.86. The average Bonchev–Trinajstić information content (AvgIpc) is 2.37. The molecule has 0 aromatic carbocycles. The van der Waals surface area contributed by atoms with Crippen molar-refractivity contribution in [3.05, 3.63) is 21.6 Å². The molecule has 8 heteroatoms. The van der Waals surface area contributed by atoms with Crippen LogP contribution in [0.15, 0.2) is 11.0 Å². The van der Waals surface area contributed by atoms with Crippen molar-refractivity contribution in [1.82, 2.24) is 9.78 Å². The molecule has 1 aromatic rings. The van der Waals surface area contributed by atoms with Gasteiger partial charge in [0.1, 0.15) is 11.1 Å². The lowest BCUT2D eigenvalue weighted by Gasteiger charge is -2.14. The summed E-state index contributed by atoms with van der Waals surface area (Å²) in [7, 11) is 1.26. The highest BCUT2D eigenvalue weighted by Gasteiger charge is 2.16. The van der Waals surface area contributed by atoms with Crippen LogP contribution in [0.1, 0.15) is 6.92 Å². The van der Waals surface area contributed by atoms with Crippen molar-refractivity contribution in [3.8, 4) is 0 Å². The number of methoxy groups -OCH3 is 1. The number of aliphatic hydroxyl groups excluding tert-OH is 1. The summed E-state index contributed by atoms with van der Waals surface area (Å²) in [5, 5.41) is 15.2. The van der Waals surface area contributed by atoms with Gasteiger partial charge in [0, 0.05) is 0 Å². The van der Waals surface area contributed by atoms with Crippen molar-refractivity contribution in [2.75, 3.05) is 19.0 Å². The van der Waals surface area contributed by atoms with Crippen LogP contribution in [0.25, 0.3) is 0 Å². The van der Waals surface area contributed by atoms with Gasteiger partial charge in [-0.15, -0.1) is 0 Å². The predicted octanol–water partition coefficient (Wildman–Crippen LogP) is -0.138. The molecule has 0 saturated heterocycles. The van der Waals surface area contributed by atoms with Gasteiger partial charge in [0.15, 0.2) is 0 Å². The summed E-state index contributed by atoms with van der Waals surface area (Å²) in [6.07, 6.45) is 1.32. The van der Waals surface area contributed by atoms with Crippen molar-refractivity contribution in [2.45, 2.75) is 19.5 Å². The van der Waals surface area contributed by atoms with Crippen LogP contribution in [-0.4, -0.2) is 40.6 Å². The first-order valence-corrected chi connectivity index (χ1v) is 5.60. The lowest BCUT2D eigenvalue weighted by atomic mass is 10.3. The molecule has 18 heavy (non-hydrogen) atoms. The quantitative estimate of drug-likeness (QED) is 0.727. The van der Waals surface area contributed by atoms with Crippen LogP contribution < -0.4 is 10.9 Å². The van der Waals surface area contributed by atoms with Gasteiger partial charge in [0.25, 0.3) is 5.56 Å². The van der Waals surface area contributed by atoms with E-state index in [9.17, 15) is 9.59 Å². The third kappa shape index (κ3) is 3.21. The number of halogens is 1. The number of anilines is 1. The van der Waals surface area contributed by atoms with E-state index in [2.05, 4.69) is 15.2 Å². The van der Waals surface area contributed by atoms with Gasteiger partial charge in [-0.05, 0) is 6.92 Å². The molecular weight excluding hydrogens is 262 g/mol. The maximum Gasteiger partial charge on any atom is 0.327 e. The lowest BCUT2D eigenvalue weighted by molar-refractivity contribution is -0.141. The number of carbonyl (C=O) groups is 1. The molecule has 7 nitrogen and oxygen atoms in total. The zero-order valence-electron chi connectivity index (χ0n) is 10.0. The van der Waals surface area contributed by atoms with E-state index in [-0.39, 0.29) is 23.9 Å². The first kappa shape index (κ1) is 14.5. The van der Waals surface area contributed by atoms with E-state index in [1.807, 2.05) is 0 Å². The van der Waals surface area contributed by atoms with Crippen molar-refractivity contribution in [2.24, 2.45) is 0 Å². The van der Waals surface area contributed by atoms with Crippen molar-refractivity contribution < 1.29 is 14.6 Å². The molecule has 100 valence electrons. The molecule has 0 aliphatic heterocycles. The molecule has 0 radical (unpaired) electrons. The van der Waals surface area contributed by atoms with Gasteiger partial charge in [0.2, 0.25) is 0 Å². The van der Waals surface area contributed by atoms with E-state index in [1.165, 1.54) is 13.3 Å². The Kier molecular flexibility index (Phi) is 5.11. The molecule has 2 N–H and O–H groups in total. The molecule has 0 saturated carbocycles. The molecule has 1 atom stereocenters. The minimum absolute atomic E-state index is 0.0609. The Labute approximate surface area is 108 Å². The van der Waals surface area contributed by atoms with Gasteiger partial charge in [-0.2, -0.15) is 5.10 Å². The highest BCUT2D eigenvalue weighted by Crippen LogP contribution is 2.16. The van der Waals surface area contributed by atoms with Crippen molar-refractivity contribution >= 4 is 23.3 Å². The fraction of sp³-hybridized carbons (Fsp3) is 0.500. The van der Waals surface area contributed by atoms with E-state index in [0.29, 0.717) is 0 Å². The normalized spacial score (nSPS) is 12.0. The van der Waals surface area contributed by atoms with E-state index in [4.69, 9.17) is 16.7 Å². The summed E-state index contributed by atoms with van der Waals surface area (Å²) in [5.41, 5.74) is -0.290. The molecule has 1 heterocycles. The molecule has 0 amide bonds. The Morgan fingerprint density at radius 2 is 2.39 bits per heavy atom. The van der Waals surface area contributed by atoms with Crippen LogP contribution in [0.4, 0.5) is 5.69 Å². The number of rotatable bonds is 5. The zero-order valence-corrected chi connectivity index (χ0v) is 10.8. The van der Waals surface area contributed by atoms with Crippen LogP contribution in [0, 0.1) is 0 Å². The molecule has 0 bridgehead atoms. The number of aliphatic hydroxyl groups is 1. The SMILES string of the molecule is COC(=O)C(C)Nc1cnn(CCO)c(=O)c1Cl. The first-order chi connectivity index (χ1) is 8.51. The predicted molar refractivity (Wildman–Crippen MR) is 65.7 cm³/mol. The average molecular weight is 276 g/mol. The van der Waals surface area contributed by atoms with E-state index in [0.717, 1.165) is 4.68 Å². The second-order valence-corrected chi connectivity index (χ2v) is 3.89. The van der Waals surface area contributed by atoms with Crippen LogP contribution in [0.2, 0.25) is 5.02 Å².